The van der Waals surface area contributed by atoms with Crippen molar-refractivity contribution < 1.29 is 9.21 Å². The van der Waals surface area contributed by atoms with Crippen LogP contribution in [0.3, 0.4) is 0 Å². The topological polar surface area (TPSA) is 54.3 Å². The molecule has 19 heavy (non-hydrogen) atoms. The third-order valence-corrected chi connectivity index (χ3v) is 3.02. The second kappa shape index (κ2) is 8.00. The maximum atomic E-state index is 11.8. The van der Waals surface area contributed by atoms with E-state index in [0.717, 1.165) is 25.1 Å². The van der Waals surface area contributed by atoms with Gasteiger partial charge in [-0.3, -0.25) is 4.79 Å². The summed E-state index contributed by atoms with van der Waals surface area (Å²) in [6.07, 6.45) is 3.53. The molecule has 2 unspecified atom stereocenters. The highest BCUT2D eigenvalue weighted by molar-refractivity contribution is 5.81. The molecular formula is C15H26N2O2. The molecule has 0 bridgehead atoms. The van der Waals surface area contributed by atoms with Gasteiger partial charge in [-0.2, -0.15) is 0 Å². The van der Waals surface area contributed by atoms with Crippen LogP contribution >= 0.6 is 0 Å². The fourth-order valence-electron chi connectivity index (χ4n) is 1.86. The quantitative estimate of drug-likeness (QED) is 0.759. The largest absolute Gasteiger partial charge is 0.469 e. The van der Waals surface area contributed by atoms with E-state index in [2.05, 4.69) is 31.4 Å². The van der Waals surface area contributed by atoms with Crippen molar-refractivity contribution in [2.45, 2.75) is 52.6 Å². The highest BCUT2D eigenvalue weighted by Crippen LogP contribution is 2.06. The molecule has 2 atom stereocenters. The van der Waals surface area contributed by atoms with Crippen LogP contribution in [-0.2, 0) is 11.2 Å². The second-order valence-electron chi connectivity index (χ2n) is 5.55. The van der Waals surface area contributed by atoms with Crippen LogP contribution in [-0.4, -0.2) is 24.5 Å². The Kier molecular flexibility index (Phi) is 6.64. The van der Waals surface area contributed by atoms with Crippen LogP contribution in [0.1, 0.15) is 39.9 Å². The summed E-state index contributed by atoms with van der Waals surface area (Å²) in [4.78, 5) is 11.8. The van der Waals surface area contributed by atoms with E-state index in [0.29, 0.717) is 5.92 Å². The summed E-state index contributed by atoms with van der Waals surface area (Å²) in [5.41, 5.74) is 0. The summed E-state index contributed by atoms with van der Waals surface area (Å²) in [7, 11) is 0. The SMILES string of the molecule is CC(C)CNC(=O)C(C)NC(C)CCc1ccco1. The average molecular weight is 266 g/mol. The number of rotatable bonds is 8. The Labute approximate surface area is 116 Å². The zero-order chi connectivity index (χ0) is 14.3. The van der Waals surface area contributed by atoms with E-state index in [-0.39, 0.29) is 18.0 Å². The van der Waals surface area contributed by atoms with Gasteiger partial charge in [-0.15, -0.1) is 0 Å². The fraction of sp³-hybridized carbons (Fsp3) is 0.667. The van der Waals surface area contributed by atoms with Gasteiger partial charge in [0.2, 0.25) is 5.91 Å². The Balaban J connectivity index is 2.23. The van der Waals surface area contributed by atoms with Crippen molar-refractivity contribution in [1.82, 2.24) is 10.6 Å². The second-order valence-corrected chi connectivity index (χ2v) is 5.55. The van der Waals surface area contributed by atoms with Crippen molar-refractivity contribution in [3.05, 3.63) is 24.2 Å². The number of furan rings is 1. The number of carbonyl (C=O) groups excluding carboxylic acids is 1. The van der Waals surface area contributed by atoms with E-state index in [1.165, 1.54) is 0 Å². The van der Waals surface area contributed by atoms with Gasteiger partial charge in [0.25, 0.3) is 0 Å². The molecule has 1 rings (SSSR count). The van der Waals surface area contributed by atoms with Crippen LogP contribution in [0.5, 0.6) is 0 Å². The molecule has 0 aliphatic heterocycles. The molecule has 1 aromatic rings. The van der Waals surface area contributed by atoms with Crippen LogP contribution in [0.15, 0.2) is 22.8 Å². The zero-order valence-corrected chi connectivity index (χ0v) is 12.4. The summed E-state index contributed by atoms with van der Waals surface area (Å²) in [6, 6.07) is 4.00. The average Bonchev–Trinajstić information content (AvgIpc) is 2.86. The van der Waals surface area contributed by atoms with Crippen molar-refractivity contribution in [2.24, 2.45) is 5.92 Å². The van der Waals surface area contributed by atoms with E-state index in [9.17, 15) is 4.79 Å². The Bertz CT molecular complexity index is 360. The number of nitrogens with one attached hydrogen (secondary N) is 2. The van der Waals surface area contributed by atoms with E-state index >= 15 is 0 Å². The molecule has 0 saturated heterocycles. The molecular weight excluding hydrogens is 240 g/mol. The Morgan fingerprint density at radius 2 is 2.05 bits per heavy atom. The lowest BCUT2D eigenvalue weighted by atomic mass is 10.1. The van der Waals surface area contributed by atoms with Gasteiger partial charge in [0.15, 0.2) is 0 Å². The predicted molar refractivity (Wildman–Crippen MR) is 76.9 cm³/mol. The molecule has 0 spiro atoms. The van der Waals surface area contributed by atoms with E-state index in [1.807, 2.05) is 19.1 Å². The van der Waals surface area contributed by atoms with Crippen LogP contribution in [0, 0.1) is 5.92 Å². The van der Waals surface area contributed by atoms with Crippen LogP contribution in [0.25, 0.3) is 0 Å². The molecule has 0 saturated carbocycles. The maximum Gasteiger partial charge on any atom is 0.236 e. The summed E-state index contributed by atoms with van der Waals surface area (Å²) in [5, 5.41) is 6.25. The lowest BCUT2D eigenvalue weighted by Gasteiger charge is -2.19. The molecule has 1 aromatic heterocycles. The van der Waals surface area contributed by atoms with Crippen molar-refractivity contribution in [2.75, 3.05) is 6.54 Å². The number of aryl methyl sites for hydroxylation is 1. The lowest BCUT2D eigenvalue weighted by Crippen LogP contribution is -2.46. The monoisotopic (exact) mass is 266 g/mol. The first-order valence-electron chi connectivity index (χ1n) is 7.05. The highest BCUT2D eigenvalue weighted by atomic mass is 16.3. The summed E-state index contributed by atoms with van der Waals surface area (Å²) in [5.74, 6) is 1.54. The maximum absolute atomic E-state index is 11.8. The van der Waals surface area contributed by atoms with Crippen molar-refractivity contribution in [3.8, 4) is 0 Å². The molecule has 0 aliphatic rings. The molecule has 4 nitrogen and oxygen atoms in total. The van der Waals surface area contributed by atoms with Crippen LogP contribution in [0.2, 0.25) is 0 Å². The van der Waals surface area contributed by atoms with Gasteiger partial charge < -0.3 is 15.1 Å². The highest BCUT2D eigenvalue weighted by Gasteiger charge is 2.15. The zero-order valence-electron chi connectivity index (χ0n) is 12.4. The molecule has 4 heteroatoms. The van der Waals surface area contributed by atoms with Gasteiger partial charge in [-0.1, -0.05) is 13.8 Å². The molecule has 0 radical (unpaired) electrons. The summed E-state index contributed by atoms with van der Waals surface area (Å²) < 4.78 is 5.29. The first-order valence-corrected chi connectivity index (χ1v) is 7.05. The molecule has 0 aromatic carbocycles. The molecule has 0 aliphatic carbocycles. The first kappa shape index (κ1) is 15.8. The minimum absolute atomic E-state index is 0.0681. The van der Waals surface area contributed by atoms with Gasteiger partial charge in [-0.05, 0) is 38.3 Å². The standard InChI is InChI=1S/C15H26N2O2/c1-11(2)10-16-15(18)13(4)17-12(3)7-8-14-6-5-9-19-14/h5-6,9,11-13,17H,7-8,10H2,1-4H3,(H,16,18). The van der Waals surface area contributed by atoms with Crippen molar-refractivity contribution in [1.29, 1.82) is 0 Å². The molecule has 0 fully saturated rings. The molecule has 1 amide bonds. The Hall–Kier alpha value is -1.29. The predicted octanol–water partition coefficient (Wildman–Crippen LogP) is 2.35. The number of hydrogen-bond donors (Lipinski definition) is 2. The summed E-state index contributed by atoms with van der Waals surface area (Å²) in [6.45, 7) is 8.90. The van der Waals surface area contributed by atoms with E-state index < -0.39 is 0 Å². The Morgan fingerprint density at radius 3 is 2.63 bits per heavy atom. The fourth-order valence-corrected chi connectivity index (χ4v) is 1.86. The molecule has 1 heterocycles. The Morgan fingerprint density at radius 1 is 1.32 bits per heavy atom. The normalized spacial score (nSPS) is 14.4. The number of hydrogen-bond acceptors (Lipinski definition) is 3. The summed E-state index contributed by atoms with van der Waals surface area (Å²) >= 11 is 0. The van der Waals surface area contributed by atoms with Crippen LogP contribution in [0.4, 0.5) is 0 Å². The molecule has 108 valence electrons. The lowest BCUT2D eigenvalue weighted by molar-refractivity contribution is -0.123. The minimum atomic E-state index is -0.162. The third-order valence-electron chi connectivity index (χ3n) is 3.02. The van der Waals surface area contributed by atoms with Gasteiger partial charge in [0.05, 0.1) is 12.3 Å². The number of amides is 1. The van der Waals surface area contributed by atoms with Gasteiger partial charge in [0, 0.05) is 19.0 Å². The minimum Gasteiger partial charge on any atom is -0.469 e. The van der Waals surface area contributed by atoms with E-state index in [4.69, 9.17) is 4.42 Å². The smallest absolute Gasteiger partial charge is 0.236 e. The van der Waals surface area contributed by atoms with Gasteiger partial charge in [0.1, 0.15) is 5.76 Å². The van der Waals surface area contributed by atoms with E-state index in [1.54, 1.807) is 6.26 Å². The molecule has 2 N–H and O–H groups in total. The van der Waals surface area contributed by atoms with Crippen LogP contribution < -0.4 is 10.6 Å². The van der Waals surface area contributed by atoms with Gasteiger partial charge >= 0.3 is 0 Å². The first-order chi connectivity index (χ1) is 8.99. The third kappa shape index (κ3) is 6.43. The van der Waals surface area contributed by atoms with Gasteiger partial charge in [-0.25, -0.2) is 0 Å². The van der Waals surface area contributed by atoms with Crippen molar-refractivity contribution >= 4 is 5.91 Å². The number of carbonyl (C=O) groups is 1. The van der Waals surface area contributed by atoms with Crippen molar-refractivity contribution in [3.63, 3.8) is 0 Å².